The number of rotatable bonds is 3. The second-order valence-corrected chi connectivity index (χ2v) is 5.32. The highest BCUT2D eigenvalue weighted by Crippen LogP contribution is 2.33. The molecule has 0 saturated heterocycles. The monoisotopic (exact) mass is 266 g/mol. The van der Waals surface area contributed by atoms with Crippen LogP contribution in [-0.2, 0) is 10.0 Å². The fourth-order valence-corrected chi connectivity index (χ4v) is 2.20. The van der Waals surface area contributed by atoms with E-state index in [-0.39, 0.29) is 12.1 Å². The van der Waals surface area contributed by atoms with Gasteiger partial charge in [0.15, 0.2) is 17.5 Å². The van der Waals surface area contributed by atoms with Crippen LogP contribution in [0.2, 0.25) is 0 Å². The van der Waals surface area contributed by atoms with Gasteiger partial charge < -0.3 is 5.32 Å². The van der Waals surface area contributed by atoms with Crippen LogP contribution in [0.1, 0.15) is 12.8 Å². The first-order valence-electron chi connectivity index (χ1n) is 4.77. The van der Waals surface area contributed by atoms with Gasteiger partial charge in [0.25, 0.3) is 0 Å². The summed E-state index contributed by atoms with van der Waals surface area (Å²) < 4.78 is 62.0. The van der Waals surface area contributed by atoms with Crippen LogP contribution in [0.5, 0.6) is 0 Å². The van der Waals surface area contributed by atoms with Crippen molar-refractivity contribution in [1.29, 1.82) is 0 Å². The SMILES string of the molecule is NS(=O)(=O)c1c(F)c(F)cc(F)c1NC1CC1. The zero-order valence-corrected chi connectivity index (χ0v) is 9.32. The molecule has 17 heavy (non-hydrogen) atoms. The number of hydrogen-bond acceptors (Lipinski definition) is 3. The van der Waals surface area contributed by atoms with Gasteiger partial charge >= 0.3 is 0 Å². The summed E-state index contributed by atoms with van der Waals surface area (Å²) in [6.45, 7) is 0. The molecular weight excluding hydrogens is 257 g/mol. The van der Waals surface area contributed by atoms with Crippen LogP contribution < -0.4 is 10.5 Å². The zero-order valence-electron chi connectivity index (χ0n) is 8.50. The van der Waals surface area contributed by atoms with E-state index in [0.717, 1.165) is 0 Å². The molecule has 0 atom stereocenters. The smallest absolute Gasteiger partial charge is 0.243 e. The summed E-state index contributed by atoms with van der Waals surface area (Å²) in [6.07, 6.45) is 1.42. The lowest BCUT2D eigenvalue weighted by atomic mass is 10.2. The van der Waals surface area contributed by atoms with E-state index in [9.17, 15) is 21.6 Å². The van der Waals surface area contributed by atoms with Crippen LogP contribution in [-0.4, -0.2) is 14.5 Å². The molecule has 0 amide bonds. The summed E-state index contributed by atoms with van der Waals surface area (Å²) in [4.78, 5) is -1.16. The highest BCUT2D eigenvalue weighted by molar-refractivity contribution is 7.89. The van der Waals surface area contributed by atoms with Crippen molar-refractivity contribution in [2.45, 2.75) is 23.8 Å². The van der Waals surface area contributed by atoms with Crippen molar-refractivity contribution in [2.75, 3.05) is 5.32 Å². The van der Waals surface area contributed by atoms with Crippen molar-refractivity contribution in [3.05, 3.63) is 23.5 Å². The predicted octanol–water partition coefficient (Wildman–Crippen LogP) is 1.33. The lowest BCUT2D eigenvalue weighted by molar-refractivity contribution is 0.472. The molecule has 1 fully saturated rings. The fraction of sp³-hybridized carbons (Fsp3) is 0.333. The van der Waals surface area contributed by atoms with Gasteiger partial charge in [0.1, 0.15) is 4.90 Å². The molecule has 1 aromatic rings. The lowest BCUT2D eigenvalue weighted by Gasteiger charge is -2.12. The molecule has 4 nitrogen and oxygen atoms in total. The van der Waals surface area contributed by atoms with Gasteiger partial charge in [0, 0.05) is 12.1 Å². The second-order valence-electron chi connectivity index (χ2n) is 3.82. The number of anilines is 1. The molecule has 0 spiro atoms. The Morgan fingerprint density at radius 3 is 2.29 bits per heavy atom. The van der Waals surface area contributed by atoms with Crippen molar-refractivity contribution < 1.29 is 21.6 Å². The minimum Gasteiger partial charge on any atom is -0.379 e. The van der Waals surface area contributed by atoms with E-state index in [1.54, 1.807) is 0 Å². The number of benzene rings is 1. The van der Waals surface area contributed by atoms with Crippen LogP contribution in [0.3, 0.4) is 0 Å². The third-order valence-corrected chi connectivity index (χ3v) is 3.29. The molecule has 0 aliphatic heterocycles. The van der Waals surface area contributed by atoms with Gasteiger partial charge in [-0.25, -0.2) is 26.7 Å². The molecule has 2 rings (SSSR count). The van der Waals surface area contributed by atoms with Gasteiger partial charge in [-0.15, -0.1) is 0 Å². The summed E-state index contributed by atoms with van der Waals surface area (Å²) in [5.74, 6) is -4.44. The quantitative estimate of drug-likeness (QED) is 0.810. The third-order valence-electron chi connectivity index (χ3n) is 2.34. The maximum absolute atomic E-state index is 13.4. The average molecular weight is 266 g/mol. The number of nitrogens with two attached hydrogens (primary N) is 1. The normalized spacial score (nSPS) is 16.0. The minimum atomic E-state index is -4.54. The molecule has 1 aliphatic rings. The summed E-state index contributed by atoms with van der Waals surface area (Å²) in [7, 11) is -4.54. The van der Waals surface area contributed by atoms with Crippen molar-refractivity contribution in [3.8, 4) is 0 Å². The Morgan fingerprint density at radius 2 is 1.82 bits per heavy atom. The van der Waals surface area contributed by atoms with Crippen LogP contribution in [0, 0.1) is 17.5 Å². The van der Waals surface area contributed by atoms with Gasteiger partial charge in [-0.1, -0.05) is 0 Å². The topological polar surface area (TPSA) is 72.2 Å². The van der Waals surface area contributed by atoms with E-state index in [2.05, 4.69) is 5.32 Å². The van der Waals surface area contributed by atoms with Crippen molar-refractivity contribution in [2.24, 2.45) is 5.14 Å². The van der Waals surface area contributed by atoms with Gasteiger partial charge in [0.2, 0.25) is 10.0 Å². The average Bonchev–Trinajstić information content (AvgIpc) is 2.96. The first-order chi connectivity index (χ1) is 7.80. The Balaban J connectivity index is 2.65. The van der Waals surface area contributed by atoms with Gasteiger partial charge in [-0.2, -0.15) is 0 Å². The Labute approximate surface area is 95.7 Å². The molecule has 0 bridgehead atoms. The van der Waals surface area contributed by atoms with E-state index in [4.69, 9.17) is 5.14 Å². The molecule has 0 radical (unpaired) electrons. The number of halogens is 3. The highest BCUT2D eigenvalue weighted by Gasteiger charge is 2.30. The van der Waals surface area contributed by atoms with Gasteiger partial charge in [-0.05, 0) is 12.8 Å². The first kappa shape index (κ1) is 12.2. The molecule has 0 heterocycles. The Morgan fingerprint density at radius 1 is 1.24 bits per heavy atom. The van der Waals surface area contributed by atoms with Crippen molar-refractivity contribution in [3.63, 3.8) is 0 Å². The summed E-state index contributed by atoms with van der Waals surface area (Å²) in [5.41, 5.74) is -0.603. The lowest BCUT2D eigenvalue weighted by Crippen LogP contribution is -2.19. The first-order valence-corrected chi connectivity index (χ1v) is 6.32. The van der Waals surface area contributed by atoms with E-state index in [0.29, 0.717) is 12.8 Å². The minimum absolute atomic E-state index is 0.130. The van der Waals surface area contributed by atoms with Crippen LogP contribution >= 0.6 is 0 Å². The van der Waals surface area contributed by atoms with E-state index < -0.39 is 38.1 Å². The maximum Gasteiger partial charge on any atom is 0.243 e. The molecule has 1 aromatic carbocycles. The zero-order chi connectivity index (χ0) is 12.8. The van der Waals surface area contributed by atoms with Crippen LogP contribution in [0.15, 0.2) is 11.0 Å². The summed E-state index contributed by atoms with van der Waals surface area (Å²) in [6, 6.07) is 0.157. The highest BCUT2D eigenvalue weighted by atomic mass is 32.2. The molecule has 0 unspecified atom stereocenters. The van der Waals surface area contributed by atoms with Crippen molar-refractivity contribution in [1.82, 2.24) is 0 Å². The summed E-state index contributed by atoms with van der Waals surface area (Å²) >= 11 is 0. The van der Waals surface area contributed by atoms with E-state index in [1.165, 1.54) is 0 Å². The summed E-state index contributed by atoms with van der Waals surface area (Å²) in [5, 5.41) is 7.24. The largest absolute Gasteiger partial charge is 0.379 e. The van der Waals surface area contributed by atoms with Crippen molar-refractivity contribution >= 4 is 15.7 Å². The fourth-order valence-electron chi connectivity index (χ4n) is 1.41. The molecule has 8 heteroatoms. The number of hydrogen-bond donors (Lipinski definition) is 2. The number of nitrogens with one attached hydrogen (secondary N) is 1. The van der Waals surface area contributed by atoms with Gasteiger partial charge in [0.05, 0.1) is 5.69 Å². The molecule has 3 N–H and O–H groups in total. The Bertz CT molecular complexity index is 570. The molecule has 1 aliphatic carbocycles. The van der Waals surface area contributed by atoms with Crippen LogP contribution in [0.4, 0.5) is 18.9 Å². The van der Waals surface area contributed by atoms with E-state index in [1.807, 2.05) is 0 Å². The molecule has 0 aromatic heterocycles. The Hall–Kier alpha value is -1.28. The third kappa shape index (κ3) is 2.37. The van der Waals surface area contributed by atoms with E-state index >= 15 is 0 Å². The molecule has 1 saturated carbocycles. The number of primary sulfonamides is 1. The molecular formula is C9H9F3N2O2S. The Kier molecular flexibility index (Phi) is 2.78. The van der Waals surface area contributed by atoms with Gasteiger partial charge in [-0.3, -0.25) is 0 Å². The second kappa shape index (κ2) is 3.88. The number of sulfonamides is 1. The maximum atomic E-state index is 13.4. The predicted molar refractivity (Wildman–Crippen MR) is 54.3 cm³/mol. The standard InChI is InChI=1S/C9H9F3N2O2S/c10-5-3-6(11)8(14-4-1-2-4)9(7(5)12)17(13,15)16/h3-4,14H,1-2H2,(H2,13,15,16). The van der Waals surface area contributed by atoms with Crippen LogP contribution in [0.25, 0.3) is 0 Å². The molecule has 94 valence electrons.